The molecule has 0 spiro atoms. The van der Waals surface area contributed by atoms with Gasteiger partial charge in [-0.1, -0.05) is 23.8 Å². The van der Waals surface area contributed by atoms with Gasteiger partial charge in [0.25, 0.3) is 5.91 Å². The highest BCUT2D eigenvalue weighted by atomic mass is 16.2. The standard InChI is InChI=1S/C20H27N3O2/c24-19-15-23(13-12-21-19)14-17-6-8-18(9-7-17)20(25)22-11-10-16-4-2-1-3-5-16/h4,6-9H,1-3,5,10-15H2,(H,21,24)(H,22,25). The summed E-state index contributed by atoms with van der Waals surface area (Å²) in [6.07, 6.45) is 8.22. The summed E-state index contributed by atoms with van der Waals surface area (Å²) in [5.41, 5.74) is 3.30. The maximum atomic E-state index is 12.2. The fraction of sp³-hybridized carbons (Fsp3) is 0.500. The van der Waals surface area contributed by atoms with Crippen molar-refractivity contribution in [1.29, 1.82) is 0 Å². The monoisotopic (exact) mass is 341 g/mol. The SMILES string of the molecule is O=C1CN(Cc2ccc(C(=O)NCCC3=CCCCC3)cc2)CCN1. The third-order valence-corrected chi connectivity index (χ3v) is 4.86. The zero-order valence-electron chi connectivity index (χ0n) is 14.7. The summed E-state index contributed by atoms with van der Waals surface area (Å²) in [6, 6.07) is 7.69. The van der Waals surface area contributed by atoms with Gasteiger partial charge in [-0.25, -0.2) is 0 Å². The predicted molar refractivity (Wildman–Crippen MR) is 98.2 cm³/mol. The molecule has 1 aliphatic heterocycles. The maximum absolute atomic E-state index is 12.2. The van der Waals surface area contributed by atoms with E-state index in [9.17, 15) is 9.59 Å². The van der Waals surface area contributed by atoms with Gasteiger partial charge in [0.2, 0.25) is 5.91 Å². The lowest BCUT2D eigenvalue weighted by molar-refractivity contribution is -0.124. The summed E-state index contributed by atoms with van der Waals surface area (Å²) < 4.78 is 0. The molecular formula is C20H27N3O2. The van der Waals surface area contributed by atoms with Gasteiger partial charge in [-0.15, -0.1) is 0 Å². The van der Waals surface area contributed by atoms with Crippen LogP contribution in [0.15, 0.2) is 35.9 Å². The Bertz CT molecular complexity index is 637. The first-order valence-electron chi connectivity index (χ1n) is 9.25. The van der Waals surface area contributed by atoms with Crippen LogP contribution in [0, 0.1) is 0 Å². The number of rotatable bonds is 6. The van der Waals surface area contributed by atoms with Crippen molar-refractivity contribution in [3.05, 3.63) is 47.0 Å². The number of piperazine rings is 1. The van der Waals surface area contributed by atoms with Crippen molar-refractivity contribution in [3.63, 3.8) is 0 Å². The first-order valence-corrected chi connectivity index (χ1v) is 9.25. The minimum Gasteiger partial charge on any atom is -0.354 e. The number of amides is 2. The molecule has 5 nitrogen and oxygen atoms in total. The van der Waals surface area contributed by atoms with Crippen LogP contribution in [-0.4, -0.2) is 42.9 Å². The van der Waals surface area contributed by atoms with Crippen molar-refractivity contribution in [2.24, 2.45) is 0 Å². The molecule has 1 saturated heterocycles. The molecule has 2 amide bonds. The second-order valence-corrected chi connectivity index (χ2v) is 6.87. The van der Waals surface area contributed by atoms with E-state index in [1.54, 1.807) is 0 Å². The Balaban J connectivity index is 1.45. The highest BCUT2D eigenvalue weighted by Gasteiger charge is 2.16. The van der Waals surface area contributed by atoms with Crippen molar-refractivity contribution >= 4 is 11.8 Å². The van der Waals surface area contributed by atoms with Crippen molar-refractivity contribution in [2.75, 3.05) is 26.2 Å². The summed E-state index contributed by atoms with van der Waals surface area (Å²) in [4.78, 5) is 25.8. The second-order valence-electron chi connectivity index (χ2n) is 6.87. The average Bonchev–Trinajstić information content (AvgIpc) is 2.63. The van der Waals surface area contributed by atoms with Crippen LogP contribution in [0.25, 0.3) is 0 Å². The fourth-order valence-electron chi connectivity index (χ4n) is 3.42. The van der Waals surface area contributed by atoms with Crippen LogP contribution < -0.4 is 10.6 Å². The van der Waals surface area contributed by atoms with Gasteiger partial charge in [0.1, 0.15) is 0 Å². The normalized spacial score (nSPS) is 18.4. The van der Waals surface area contributed by atoms with Crippen LogP contribution in [0.4, 0.5) is 0 Å². The third kappa shape index (κ3) is 5.43. The Morgan fingerprint density at radius 1 is 1.20 bits per heavy atom. The number of allylic oxidation sites excluding steroid dienone is 1. The van der Waals surface area contributed by atoms with Crippen LogP contribution in [0.2, 0.25) is 0 Å². The van der Waals surface area contributed by atoms with Crippen LogP contribution in [-0.2, 0) is 11.3 Å². The van der Waals surface area contributed by atoms with E-state index in [-0.39, 0.29) is 11.8 Å². The molecule has 25 heavy (non-hydrogen) atoms. The summed E-state index contributed by atoms with van der Waals surface area (Å²) >= 11 is 0. The highest BCUT2D eigenvalue weighted by molar-refractivity contribution is 5.94. The Hall–Kier alpha value is -2.14. The number of nitrogens with one attached hydrogen (secondary N) is 2. The molecule has 0 atom stereocenters. The van der Waals surface area contributed by atoms with Gasteiger partial charge in [-0.3, -0.25) is 14.5 Å². The summed E-state index contributed by atoms with van der Waals surface area (Å²) in [5.74, 6) is 0.0654. The quantitative estimate of drug-likeness (QED) is 0.780. The van der Waals surface area contributed by atoms with E-state index in [2.05, 4.69) is 21.6 Å². The van der Waals surface area contributed by atoms with Gasteiger partial charge in [0, 0.05) is 31.7 Å². The lowest BCUT2D eigenvalue weighted by atomic mass is 9.97. The van der Waals surface area contributed by atoms with Crippen molar-refractivity contribution < 1.29 is 9.59 Å². The van der Waals surface area contributed by atoms with Crippen molar-refractivity contribution in [1.82, 2.24) is 15.5 Å². The number of carbonyl (C=O) groups excluding carboxylic acids is 2. The number of carbonyl (C=O) groups is 2. The van der Waals surface area contributed by atoms with E-state index >= 15 is 0 Å². The average molecular weight is 341 g/mol. The number of benzene rings is 1. The van der Waals surface area contributed by atoms with Gasteiger partial charge in [-0.05, 0) is 49.8 Å². The smallest absolute Gasteiger partial charge is 0.251 e. The minimum absolute atomic E-state index is 0.0136. The first-order chi connectivity index (χ1) is 12.2. The Kier molecular flexibility index (Phi) is 6.23. The van der Waals surface area contributed by atoms with Crippen molar-refractivity contribution in [2.45, 2.75) is 38.6 Å². The maximum Gasteiger partial charge on any atom is 0.251 e. The molecule has 2 aliphatic rings. The van der Waals surface area contributed by atoms with Crippen LogP contribution in [0.3, 0.4) is 0 Å². The molecule has 2 N–H and O–H groups in total. The molecule has 134 valence electrons. The molecule has 1 heterocycles. The predicted octanol–water partition coefficient (Wildman–Crippen LogP) is 2.24. The number of hydrogen-bond donors (Lipinski definition) is 2. The number of hydrogen-bond acceptors (Lipinski definition) is 3. The van der Waals surface area contributed by atoms with E-state index in [0.717, 1.165) is 25.1 Å². The summed E-state index contributed by atoms with van der Waals surface area (Å²) in [5, 5.41) is 5.84. The van der Waals surface area contributed by atoms with E-state index < -0.39 is 0 Å². The molecule has 1 aromatic carbocycles. The van der Waals surface area contributed by atoms with Gasteiger partial charge in [0.05, 0.1) is 6.54 Å². The van der Waals surface area contributed by atoms with Crippen LogP contribution in [0.5, 0.6) is 0 Å². The summed E-state index contributed by atoms with van der Waals surface area (Å²) in [6.45, 7) is 3.45. The summed E-state index contributed by atoms with van der Waals surface area (Å²) in [7, 11) is 0. The zero-order chi connectivity index (χ0) is 17.5. The van der Waals surface area contributed by atoms with Gasteiger partial charge in [0.15, 0.2) is 0 Å². The Morgan fingerprint density at radius 3 is 2.76 bits per heavy atom. The topological polar surface area (TPSA) is 61.4 Å². The molecule has 1 fully saturated rings. The molecule has 5 heteroatoms. The van der Waals surface area contributed by atoms with Gasteiger partial charge in [-0.2, -0.15) is 0 Å². The zero-order valence-corrected chi connectivity index (χ0v) is 14.7. The third-order valence-electron chi connectivity index (χ3n) is 4.86. The first kappa shape index (κ1) is 17.7. The highest BCUT2D eigenvalue weighted by Crippen LogP contribution is 2.19. The molecule has 3 rings (SSSR count). The van der Waals surface area contributed by atoms with Crippen LogP contribution >= 0.6 is 0 Å². The van der Waals surface area contributed by atoms with E-state index in [0.29, 0.717) is 25.2 Å². The van der Waals surface area contributed by atoms with E-state index in [1.807, 2.05) is 24.3 Å². The molecule has 1 aliphatic carbocycles. The molecule has 0 saturated carbocycles. The molecule has 0 aromatic heterocycles. The molecular weight excluding hydrogens is 314 g/mol. The van der Waals surface area contributed by atoms with E-state index in [4.69, 9.17) is 0 Å². The Labute approximate surface area is 149 Å². The lowest BCUT2D eigenvalue weighted by Crippen LogP contribution is -2.47. The van der Waals surface area contributed by atoms with Gasteiger partial charge < -0.3 is 10.6 Å². The molecule has 1 aromatic rings. The fourth-order valence-corrected chi connectivity index (χ4v) is 3.42. The second kappa shape index (κ2) is 8.81. The molecule has 0 bridgehead atoms. The van der Waals surface area contributed by atoms with Crippen LogP contribution in [0.1, 0.15) is 48.0 Å². The lowest BCUT2D eigenvalue weighted by Gasteiger charge is -2.26. The van der Waals surface area contributed by atoms with E-state index in [1.165, 1.54) is 31.3 Å². The van der Waals surface area contributed by atoms with Crippen molar-refractivity contribution in [3.8, 4) is 0 Å². The number of nitrogens with zero attached hydrogens (tertiary/aromatic N) is 1. The molecule has 0 radical (unpaired) electrons. The Morgan fingerprint density at radius 2 is 2.04 bits per heavy atom. The van der Waals surface area contributed by atoms with Gasteiger partial charge >= 0.3 is 0 Å². The minimum atomic E-state index is -0.0136. The molecule has 0 unspecified atom stereocenters. The largest absolute Gasteiger partial charge is 0.354 e.